The Kier molecular flexibility index (Phi) is 5.45. The highest BCUT2D eigenvalue weighted by molar-refractivity contribution is 5.86. The largest absolute Gasteiger partial charge is 0.368 e. The predicted octanol–water partition coefficient (Wildman–Crippen LogP) is 1.58. The highest BCUT2D eigenvalue weighted by Crippen LogP contribution is 2.27. The van der Waals surface area contributed by atoms with Crippen LogP contribution in [-0.2, 0) is 9.59 Å². The van der Waals surface area contributed by atoms with Crippen molar-refractivity contribution in [2.75, 3.05) is 0 Å². The van der Waals surface area contributed by atoms with Gasteiger partial charge in [-0.15, -0.1) is 0 Å². The van der Waals surface area contributed by atoms with Crippen LogP contribution in [0, 0.1) is 11.8 Å². The lowest BCUT2D eigenvalue weighted by Crippen LogP contribution is -2.45. The minimum absolute atomic E-state index is 0.0265. The van der Waals surface area contributed by atoms with Gasteiger partial charge in [0.25, 0.3) is 0 Å². The van der Waals surface area contributed by atoms with Crippen molar-refractivity contribution in [2.45, 2.75) is 58.4 Å². The van der Waals surface area contributed by atoms with Crippen molar-refractivity contribution in [1.29, 1.82) is 0 Å². The summed E-state index contributed by atoms with van der Waals surface area (Å²) in [6, 6.07) is -0.510. The van der Waals surface area contributed by atoms with Crippen LogP contribution in [0.15, 0.2) is 0 Å². The van der Waals surface area contributed by atoms with Crippen LogP contribution >= 0.6 is 0 Å². The van der Waals surface area contributed by atoms with E-state index in [1.165, 1.54) is 12.8 Å². The number of nitrogens with two attached hydrogens (primary N) is 1. The zero-order chi connectivity index (χ0) is 12.8. The maximum Gasteiger partial charge on any atom is 0.240 e. The fourth-order valence-electron chi connectivity index (χ4n) is 2.45. The molecule has 4 nitrogen and oxygen atoms in total. The molecule has 0 spiro atoms. The number of nitrogens with one attached hydrogen (secondary N) is 1. The van der Waals surface area contributed by atoms with E-state index in [0.717, 1.165) is 12.8 Å². The lowest BCUT2D eigenvalue weighted by atomic mass is 10.0. The third-order valence-electron chi connectivity index (χ3n) is 3.33. The van der Waals surface area contributed by atoms with E-state index in [9.17, 15) is 9.59 Å². The van der Waals surface area contributed by atoms with Gasteiger partial charge in [-0.1, -0.05) is 26.7 Å². The summed E-state index contributed by atoms with van der Waals surface area (Å²) < 4.78 is 0. The number of amides is 2. The molecular weight excluding hydrogens is 216 g/mol. The smallest absolute Gasteiger partial charge is 0.240 e. The van der Waals surface area contributed by atoms with E-state index in [1.54, 1.807) is 0 Å². The van der Waals surface area contributed by atoms with E-state index in [4.69, 9.17) is 5.73 Å². The third kappa shape index (κ3) is 5.20. The molecule has 1 rings (SSSR count). The Balaban J connectivity index is 2.37. The second kappa shape index (κ2) is 6.62. The van der Waals surface area contributed by atoms with Gasteiger partial charge in [-0.05, 0) is 31.1 Å². The summed E-state index contributed by atoms with van der Waals surface area (Å²) in [6.45, 7) is 4.03. The molecule has 4 heteroatoms. The molecule has 1 fully saturated rings. The molecule has 1 aliphatic carbocycles. The van der Waals surface area contributed by atoms with Crippen molar-refractivity contribution in [2.24, 2.45) is 17.6 Å². The van der Waals surface area contributed by atoms with Crippen molar-refractivity contribution in [3.05, 3.63) is 0 Å². The first-order chi connectivity index (χ1) is 7.99. The molecule has 0 radical (unpaired) electrons. The molecule has 17 heavy (non-hydrogen) atoms. The van der Waals surface area contributed by atoms with Gasteiger partial charge in [0.1, 0.15) is 6.04 Å². The molecule has 1 aliphatic rings. The Morgan fingerprint density at radius 1 is 1.29 bits per heavy atom. The summed E-state index contributed by atoms with van der Waals surface area (Å²) in [7, 11) is 0. The number of carbonyl (C=O) groups is 2. The zero-order valence-corrected chi connectivity index (χ0v) is 10.9. The van der Waals surface area contributed by atoms with Crippen molar-refractivity contribution in [1.82, 2.24) is 5.32 Å². The van der Waals surface area contributed by atoms with Gasteiger partial charge in [-0.3, -0.25) is 9.59 Å². The van der Waals surface area contributed by atoms with Gasteiger partial charge in [0.2, 0.25) is 11.8 Å². The fraction of sp³-hybridized carbons (Fsp3) is 0.846. The van der Waals surface area contributed by atoms with E-state index < -0.39 is 11.9 Å². The van der Waals surface area contributed by atoms with Gasteiger partial charge in [0.05, 0.1) is 0 Å². The molecule has 0 unspecified atom stereocenters. The first-order valence-corrected chi connectivity index (χ1v) is 6.57. The average molecular weight is 240 g/mol. The minimum atomic E-state index is -0.510. The molecule has 1 saturated carbocycles. The zero-order valence-electron chi connectivity index (χ0n) is 10.9. The molecule has 3 N–H and O–H groups in total. The molecule has 0 aromatic rings. The SMILES string of the molecule is CC(C)C[C@H](NC(=O)CC1CCCC1)C(N)=O. The lowest BCUT2D eigenvalue weighted by molar-refractivity contribution is -0.128. The molecule has 2 amide bonds. The number of primary amides is 1. The molecule has 0 heterocycles. The van der Waals surface area contributed by atoms with Crippen LogP contribution in [0.4, 0.5) is 0 Å². The second-order valence-corrected chi connectivity index (χ2v) is 5.51. The Morgan fingerprint density at radius 3 is 2.35 bits per heavy atom. The number of rotatable bonds is 6. The molecule has 0 aliphatic heterocycles. The molecule has 0 aromatic carbocycles. The van der Waals surface area contributed by atoms with Gasteiger partial charge in [0, 0.05) is 6.42 Å². The molecule has 1 atom stereocenters. The third-order valence-corrected chi connectivity index (χ3v) is 3.33. The number of carbonyl (C=O) groups excluding carboxylic acids is 2. The van der Waals surface area contributed by atoms with Crippen LogP contribution in [0.1, 0.15) is 52.4 Å². The lowest BCUT2D eigenvalue weighted by Gasteiger charge is -2.18. The van der Waals surface area contributed by atoms with Crippen molar-refractivity contribution >= 4 is 11.8 Å². The van der Waals surface area contributed by atoms with Crippen LogP contribution < -0.4 is 11.1 Å². The van der Waals surface area contributed by atoms with Gasteiger partial charge in [0.15, 0.2) is 0 Å². The van der Waals surface area contributed by atoms with E-state index in [-0.39, 0.29) is 5.91 Å². The molecule has 98 valence electrons. The van der Waals surface area contributed by atoms with Crippen molar-refractivity contribution in [3.63, 3.8) is 0 Å². The number of hydrogen-bond acceptors (Lipinski definition) is 2. The van der Waals surface area contributed by atoms with E-state index in [0.29, 0.717) is 24.7 Å². The Labute approximate surface area is 103 Å². The molecule has 0 aromatic heterocycles. The van der Waals surface area contributed by atoms with Crippen molar-refractivity contribution in [3.8, 4) is 0 Å². The van der Waals surface area contributed by atoms with Crippen LogP contribution in [0.5, 0.6) is 0 Å². The fourth-order valence-corrected chi connectivity index (χ4v) is 2.45. The summed E-state index contributed by atoms with van der Waals surface area (Å²) in [4.78, 5) is 23.0. The molecule has 0 bridgehead atoms. The van der Waals surface area contributed by atoms with Crippen molar-refractivity contribution < 1.29 is 9.59 Å². The quantitative estimate of drug-likeness (QED) is 0.740. The highest BCUT2D eigenvalue weighted by atomic mass is 16.2. The summed E-state index contributed by atoms with van der Waals surface area (Å²) >= 11 is 0. The van der Waals surface area contributed by atoms with E-state index >= 15 is 0 Å². The highest BCUT2D eigenvalue weighted by Gasteiger charge is 2.22. The summed E-state index contributed by atoms with van der Waals surface area (Å²) in [5, 5.41) is 2.76. The van der Waals surface area contributed by atoms with Crippen LogP contribution in [0.25, 0.3) is 0 Å². The maximum atomic E-state index is 11.8. The standard InChI is InChI=1S/C13H24N2O2/c1-9(2)7-11(13(14)17)15-12(16)8-10-5-3-4-6-10/h9-11H,3-8H2,1-2H3,(H2,14,17)(H,15,16)/t11-/m0/s1. The van der Waals surface area contributed by atoms with Gasteiger partial charge >= 0.3 is 0 Å². The number of hydrogen-bond donors (Lipinski definition) is 2. The first kappa shape index (κ1) is 14.0. The van der Waals surface area contributed by atoms with Crippen LogP contribution in [-0.4, -0.2) is 17.9 Å². The Morgan fingerprint density at radius 2 is 1.88 bits per heavy atom. The Bertz CT molecular complexity index is 271. The van der Waals surface area contributed by atoms with Gasteiger partial charge in [-0.25, -0.2) is 0 Å². The summed E-state index contributed by atoms with van der Waals surface area (Å²) in [5.74, 6) is 0.390. The minimum Gasteiger partial charge on any atom is -0.368 e. The van der Waals surface area contributed by atoms with E-state index in [2.05, 4.69) is 5.32 Å². The first-order valence-electron chi connectivity index (χ1n) is 6.57. The topological polar surface area (TPSA) is 72.2 Å². The van der Waals surface area contributed by atoms with E-state index in [1.807, 2.05) is 13.8 Å². The monoisotopic (exact) mass is 240 g/mol. The van der Waals surface area contributed by atoms with Gasteiger partial charge < -0.3 is 11.1 Å². The summed E-state index contributed by atoms with van der Waals surface area (Å²) in [5.41, 5.74) is 5.29. The molecular formula is C13H24N2O2. The Hall–Kier alpha value is -1.06. The van der Waals surface area contributed by atoms with Crippen LogP contribution in [0.3, 0.4) is 0 Å². The average Bonchev–Trinajstić information content (AvgIpc) is 2.68. The molecule has 0 saturated heterocycles. The maximum absolute atomic E-state index is 11.8. The van der Waals surface area contributed by atoms with Gasteiger partial charge in [-0.2, -0.15) is 0 Å². The summed E-state index contributed by atoms with van der Waals surface area (Å²) in [6.07, 6.45) is 5.89. The predicted molar refractivity (Wildman–Crippen MR) is 67.2 cm³/mol. The second-order valence-electron chi connectivity index (χ2n) is 5.51. The normalized spacial score (nSPS) is 18.3. The van der Waals surface area contributed by atoms with Crippen LogP contribution in [0.2, 0.25) is 0 Å².